The summed E-state index contributed by atoms with van der Waals surface area (Å²) in [4.78, 5) is 10.2. The Morgan fingerprint density at radius 1 is 1.36 bits per heavy atom. The highest BCUT2D eigenvalue weighted by Gasteiger charge is 2.23. The summed E-state index contributed by atoms with van der Waals surface area (Å²) >= 11 is 0. The Bertz CT molecular complexity index is 1260. The number of nitriles is 1. The smallest absolute Gasteiger partial charge is 0.258 e. The van der Waals surface area contributed by atoms with Crippen molar-refractivity contribution in [3.63, 3.8) is 0 Å². The molecular weight excluding hydrogens is 384 g/mol. The Labute approximate surface area is 160 Å². The number of rotatable bonds is 5. The van der Waals surface area contributed by atoms with E-state index in [2.05, 4.69) is 10.2 Å². The topological polar surface area (TPSA) is 134 Å². The Hall–Kier alpha value is -3.78. The molecule has 0 saturated carbocycles. The number of fused-ring (bicyclic) bond motifs is 1. The van der Waals surface area contributed by atoms with Crippen molar-refractivity contribution in [3.8, 4) is 6.07 Å². The summed E-state index contributed by atoms with van der Waals surface area (Å²) in [7, 11) is -2.74. The first-order valence-electron chi connectivity index (χ1n) is 7.89. The molecule has 3 aromatic rings. The Morgan fingerprint density at radius 2 is 2.11 bits per heavy atom. The number of nitro benzene ring substituents is 1. The minimum atomic E-state index is -4.00. The van der Waals surface area contributed by atoms with Crippen LogP contribution in [-0.2, 0) is 10.0 Å². The van der Waals surface area contributed by atoms with E-state index in [1.165, 1.54) is 43.0 Å². The standard InChI is InChI=1S/C17H14N6O4S/c1-12-7-15(23(24)25)3-4-17(12)28(26,27)21(2)19-10-14-11-20-22-6-5-13(9-18)8-16(14)22/h3-8,10-11H,1-2H3/b19-10-. The summed E-state index contributed by atoms with van der Waals surface area (Å²) in [6, 6.07) is 8.75. The van der Waals surface area contributed by atoms with Crippen LogP contribution in [0.25, 0.3) is 5.52 Å². The Kier molecular flexibility index (Phi) is 4.81. The van der Waals surface area contributed by atoms with Crippen LogP contribution >= 0.6 is 0 Å². The molecule has 0 spiro atoms. The fourth-order valence-corrected chi connectivity index (χ4v) is 3.71. The van der Waals surface area contributed by atoms with E-state index in [4.69, 9.17) is 5.26 Å². The van der Waals surface area contributed by atoms with E-state index in [9.17, 15) is 18.5 Å². The molecule has 28 heavy (non-hydrogen) atoms. The second kappa shape index (κ2) is 7.09. The van der Waals surface area contributed by atoms with Gasteiger partial charge in [0.25, 0.3) is 15.7 Å². The number of non-ortho nitro benzene ring substituents is 1. The van der Waals surface area contributed by atoms with Gasteiger partial charge in [0.05, 0.1) is 39.4 Å². The minimum Gasteiger partial charge on any atom is -0.258 e. The van der Waals surface area contributed by atoms with Gasteiger partial charge >= 0.3 is 0 Å². The molecule has 0 atom stereocenters. The molecule has 0 aliphatic rings. The van der Waals surface area contributed by atoms with Crippen LogP contribution in [0.1, 0.15) is 16.7 Å². The van der Waals surface area contributed by atoms with Crippen LogP contribution in [0.3, 0.4) is 0 Å². The molecule has 0 N–H and O–H groups in total. The van der Waals surface area contributed by atoms with Crippen LogP contribution < -0.4 is 0 Å². The largest absolute Gasteiger partial charge is 0.279 e. The summed E-state index contributed by atoms with van der Waals surface area (Å²) < 4.78 is 27.8. The molecule has 10 nitrogen and oxygen atoms in total. The van der Waals surface area contributed by atoms with Crippen LogP contribution in [0.4, 0.5) is 5.69 Å². The van der Waals surface area contributed by atoms with Crippen molar-refractivity contribution in [2.45, 2.75) is 11.8 Å². The molecule has 0 amide bonds. The molecular formula is C17H14N6O4S. The average molecular weight is 398 g/mol. The number of nitrogens with zero attached hydrogens (tertiary/aromatic N) is 6. The number of benzene rings is 1. The lowest BCUT2D eigenvalue weighted by Crippen LogP contribution is -2.22. The van der Waals surface area contributed by atoms with Gasteiger partial charge in [-0.15, -0.1) is 0 Å². The van der Waals surface area contributed by atoms with Gasteiger partial charge in [-0.2, -0.15) is 28.3 Å². The van der Waals surface area contributed by atoms with Gasteiger partial charge in [0.2, 0.25) is 0 Å². The minimum absolute atomic E-state index is 0.0793. The van der Waals surface area contributed by atoms with Gasteiger partial charge in [0.15, 0.2) is 0 Å². The monoisotopic (exact) mass is 398 g/mol. The van der Waals surface area contributed by atoms with Gasteiger partial charge in [-0.25, -0.2) is 4.52 Å². The van der Waals surface area contributed by atoms with Crippen LogP contribution in [0.5, 0.6) is 0 Å². The van der Waals surface area contributed by atoms with Crippen molar-refractivity contribution in [2.75, 3.05) is 7.05 Å². The van der Waals surface area contributed by atoms with E-state index in [0.717, 1.165) is 10.5 Å². The first-order chi connectivity index (χ1) is 13.2. The summed E-state index contributed by atoms with van der Waals surface area (Å²) in [6.45, 7) is 1.48. The van der Waals surface area contributed by atoms with E-state index in [1.54, 1.807) is 18.3 Å². The molecule has 0 radical (unpaired) electrons. The van der Waals surface area contributed by atoms with Gasteiger partial charge < -0.3 is 0 Å². The van der Waals surface area contributed by atoms with Crippen molar-refractivity contribution < 1.29 is 13.3 Å². The first-order valence-corrected chi connectivity index (χ1v) is 9.33. The quantitative estimate of drug-likeness (QED) is 0.367. The normalized spacial score (nSPS) is 11.6. The van der Waals surface area contributed by atoms with Crippen molar-refractivity contribution in [1.29, 1.82) is 5.26 Å². The molecule has 2 heterocycles. The van der Waals surface area contributed by atoms with Gasteiger partial charge in [-0.1, -0.05) is 0 Å². The SMILES string of the molecule is Cc1cc([N+](=O)[O-])ccc1S(=O)(=O)N(C)/N=C\c1cnn2ccc(C#N)cc12. The maximum atomic E-state index is 12.7. The van der Waals surface area contributed by atoms with Crippen LogP contribution in [0, 0.1) is 28.4 Å². The molecule has 0 aliphatic carbocycles. The number of aromatic nitrogens is 2. The highest BCUT2D eigenvalue weighted by Crippen LogP contribution is 2.23. The number of nitro groups is 1. The lowest BCUT2D eigenvalue weighted by Gasteiger charge is -2.15. The number of aryl methyl sites for hydroxylation is 1. The van der Waals surface area contributed by atoms with Crippen molar-refractivity contribution in [3.05, 3.63) is 69.5 Å². The number of hydrogen-bond donors (Lipinski definition) is 0. The van der Waals surface area contributed by atoms with Gasteiger partial charge in [-0.05, 0) is 30.7 Å². The maximum absolute atomic E-state index is 12.7. The van der Waals surface area contributed by atoms with E-state index in [1.807, 2.05) is 6.07 Å². The van der Waals surface area contributed by atoms with Crippen LogP contribution in [0.2, 0.25) is 0 Å². The molecule has 142 valence electrons. The Balaban J connectivity index is 1.93. The lowest BCUT2D eigenvalue weighted by molar-refractivity contribution is -0.385. The van der Waals surface area contributed by atoms with Gasteiger partial charge in [0, 0.05) is 30.9 Å². The number of hydrogen-bond acceptors (Lipinski definition) is 7. The van der Waals surface area contributed by atoms with E-state index >= 15 is 0 Å². The van der Waals surface area contributed by atoms with Crippen molar-refractivity contribution >= 4 is 27.4 Å². The molecule has 0 fully saturated rings. The molecule has 2 aromatic heterocycles. The molecule has 11 heteroatoms. The predicted octanol–water partition coefficient (Wildman–Crippen LogP) is 2.08. The number of pyridine rings is 1. The zero-order chi connectivity index (χ0) is 20.5. The fourth-order valence-electron chi connectivity index (χ4n) is 2.55. The zero-order valence-electron chi connectivity index (χ0n) is 14.8. The lowest BCUT2D eigenvalue weighted by atomic mass is 10.2. The first kappa shape index (κ1) is 19.0. The molecule has 0 saturated heterocycles. The predicted molar refractivity (Wildman–Crippen MR) is 100 cm³/mol. The third-order valence-corrected chi connectivity index (χ3v) is 5.84. The maximum Gasteiger partial charge on any atom is 0.279 e. The van der Waals surface area contributed by atoms with Crippen LogP contribution in [0.15, 0.2) is 52.7 Å². The molecule has 0 aliphatic heterocycles. The van der Waals surface area contributed by atoms with E-state index in [-0.39, 0.29) is 16.1 Å². The van der Waals surface area contributed by atoms with Gasteiger partial charge in [-0.3, -0.25) is 10.1 Å². The number of hydrazone groups is 1. The van der Waals surface area contributed by atoms with E-state index < -0.39 is 14.9 Å². The summed E-state index contributed by atoms with van der Waals surface area (Å²) in [5.41, 5.74) is 1.61. The van der Waals surface area contributed by atoms with Gasteiger partial charge in [0.1, 0.15) is 0 Å². The highest BCUT2D eigenvalue weighted by molar-refractivity contribution is 7.89. The van der Waals surface area contributed by atoms with Crippen molar-refractivity contribution in [2.24, 2.45) is 5.10 Å². The third kappa shape index (κ3) is 3.40. The molecule has 3 rings (SSSR count). The second-order valence-electron chi connectivity index (χ2n) is 5.85. The van der Waals surface area contributed by atoms with Crippen molar-refractivity contribution in [1.82, 2.24) is 14.0 Å². The second-order valence-corrected chi connectivity index (χ2v) is 7.77. The summed E-state index contributed by atoms with van der Waals surface area (Å²) in [5, 5.41) is 27.9. The Morgan fingerprint density at radius 3 is 2.75 bits per heavy atom. The average Bonchev–Trinajstić information content (AvgIpc) is 3.07. The number of sulfonamides is 1. The molecule has 0 unspecified atom stereocenters. The van der Waals surface area contributed by atoms with Crippen LogP contribution in [-0.4, -0.2) is 40.6 Å². The summed E-state index contributed by atoms with van der Waals surface area (Å²) in [5.74, 6) is 0. The molecule has 1 aromatic carbocycles. The third-order valence-electron chi connectivity index (χ3n) is 4.03. The summed E-state index contributed by atoms with van der Waals surface area (Å²) in [6.07, 6.45) is 4.44. The molecule has 0 bridgehead atoms. The zero-order valence-corrected chi connectivity index (χ0v) is 15.7. The fraction of sp³-hybridized carbons (Fsp3) is 0.118. The highest BCUT2D eigenvalue weighted by atomic mass is 32.2. The van der Waals surface area contributed by atoms with E-state index in [0.29, 0.717) is 16.6 Å².